The summed E-state index contributed by atoms with van der Waals surface area (Å²) in [5.74, 6) is -8.39. The molecule has 0 aromatic rings. The zero-order valence-electron chi connectivity index (χ0n) is 14.8. The molecule has 0 bridgehead atoms. The van der Waals surface area contributed by atoms with E-state index in [9.17, 15) is 24.0 Å². The number of carbonyl (C=O) groups is 5. The number of rotatable bonds is 11. The molecule has 2 amide bonds. The third-order valence-electron chi connectivity index (χ3n) is 3.50. The Balaban J connectivity index is 4.90. The third-order valence-corrected chi connectivity index (χ3v) is 3.50. The number of hydrogen-bond donors (Lipinski definition) is 6. The lowest BCUT2D eigenvalue weighted by Gasteiger charge is -2.21. The van der Waals surface area contributed by atoms with E-state index in [1.807, 2.05) is 19.2 Å². The van der Waals surface area contributed by atoms with Gasteiger partial charge in [-0.1, -0.05) is 13.8 Å². The summed E-state index contributed by atoms with van der Waals surface area (Å²) in [7, 11) is 0. The molecule has 3 atom stereocenters. The SMILES string of the molecule is CC(C)C[C@@H](N)C(=O)N[C@@H](C)C(=O)N[C@@H](CC(C(=O)O)C(=O)O)C(=O)O. The summed E-state index contributed by atoms with van der Waals surface area (Å²) in [6, 6.07) is -3.73. The van der Waals surface area contributed by atoms with Gasteiger partial charge in [0.2, 0.25) is 11.8 Å². The van der Waals surface area contributed by atoms with Gasteiger partial charge in [0.15, 0.2) is 5.92 Å². The van der Waals surface area contributed by atoms with Crippen molar-refractivity contribution in [3.63, 3.8) is 0 Å². The predicted molar refractivity (Wildman–Crippen MR) is 88.0 cm³/mol. The van der Waals surface area contributed by atoms with E-state index in [2.05, 4.69) is 5.32 Å². The molecule has 0 heterocycles. The fraction of sp³-hybridized carbons (Fsp3) is 0.667. The van der Waals surface area contributed by atoms with Gasteiger partial charge in [-0.25, -0.2) is 4.79 Å². The zero-order valence-corrected chi connectivity index (χ0v) is 14.8. The van der Waals surface area contributed by atoms with Crippen LogP contribution in [0.3, 0.4) is 0 Å². The molecule has 0 rings (SSSR count). The Morgan fingerprint density at radius 2 is 1.31 bits per heavy atom. The van der Waals surface area contributed by atoms with E-state index < -0.39 is 60.2 Å². The highest BCUT2D eigenvalue weighted by Gasteiger charge is 2.34. The second-order valence-electron chi connectivity index (χ2n) is 6.33. The highest BCUT2D eigenvalue weighted by Crippen LogP contribution is 2.09. The van der Waals surface area contributed by atoms with Gasteiger partial charge in [-0.15, -0.1) is 0 Å². The van der Waals surface area contributed by atoms with Crippen LogP contribution >= 0.6 is 0 Å². The number of carbonyl (C=O) groups excluding carboxylic acids is 2. The van der Waals surface area contributed by atoms with Crippen molar-refractivity contribution in [2.45, 2.75) is 51.7 Å². The summed E-state index contributed by atoms with van der Waals surface area (Å²) >= 11 is 0. The van der Waals surface area contributed by atoms with Gasteiger partial charge in [-0.3, -0.25) is 19.2 Å². The molecule has 0 radical (unpaired) electrons. The maximum Gasteiger partial charge on any atom is 0.326 e. The molecule has 0 aromatic heterocycles. The summed E-state index contributed by atoms with van der Waals surface area (Å²) in [5.41, 5.74) is 5.68. The molecule has 0 saturated heterocycles. The van der Waals surface area contributed by atoms with Gasteiger partial charge >= 0.3 is 17.9 Å². The molecule has 11 nitrogen and oxygen atoms in total. The number of hydrogen-bond acceptors (Lipinski definition) is 6. The summed E-state index contributed by atoms with van der Waals surface area (Å²) in [6.07, 6.45) is -0.462. The number of carboxylic acid groups (broad SMARTS) is 3. The molecule has 0 aromatic carbocycles. The minimum absolute atomic E-state index is 0.153. The van der Waals surface area contributed by atoms with Crippen molar-refractivity contribution in [3.8, 4) is 0 Å². The largest absolute Gasteiger partial charge is 0.481 e. The average molecular weight is 375 g/mol. The Labute approximate surface area is 149 Å². The Kier molecular flexibility index (Phi) is 9.27. The van der Waals surface area contributed by atoms with Gasteiger partial charge in [0.05, 0.1) is 6.04 Å². The van der Waals surface area contributed by atoms with Crippen molar-refractivity contribution in [3.05, 3.63) is 0 Å². The summed E-state index contributed by atoms with van der Waals surface area (Å²) in [4.78, 5) is 56.8. The van der Waals surface area contributed by atoms with Gasteiger partial charge < -0.3 is 31.7 Å². The number of nitrogens with one attached hydrogen (secondary N) is 2. The van der Waals surface area contributed by atoms with Gasteiger partial charge in [-0.2, -0.15) is 0 Å². The number of amides is 2. The highest BCUT2D eigenvalue weighted by molar-refractivity contribution is 5.95. The van der Waals surface area contributed by atoms with Crippen molar-refractivity contribution in [2.75, 3.05) is 0 Å². The van der Waals surface area contributed by atoms with Crippen LogP contribution in [-0.2, 0) is 24.0 Å². The lowest BCUT2D eigenvalue weighted by atomic mass is 9.99. The summed E-state index contributed by atoms with van der Waals surface area (Å²) < 4.78 is 0. The van der Waals surface area contributed by atoms with Crippen molar-refractivity contribution in [2.24, 2.45) is 17.6 Å². The first kappa shape index (κ1) is 23.3. The van der Waals surface area contributed by atoms with E-state index in [1.165, 1.54) is 6.92 Å². The van der Waals surface area contributed by atoms with Crippen LogP contribution in [0.2, 0.25) is 0 Å². The standard InChI is InChI=1S/C15H25N3O8/c1-6(2)4-9(16)12(20)17-7(3)11(19)18-10(15(25)26)5-8(13(21)22)14(23)24/h6-10H,4-5,16H2,1-3H3,(H,17,20)(H,18,19)(H,21,22)(H,23,24)(H,25,26)/t7-,9+,10-/m0/s1. The van der Waals surface area contributed by atoms with E-state index in [4.69, 9.17) is 21.1 Å². The number of aliphatic carboxylic acids is 3. The molecule has 0 spiro atoms. The first-order chi connectivity index (χ1) is 11.9. The first-order valence-electron chi connectivity index (χ1n) is 7.91. The lowest BCUT2D eigenvalue weighted by molar-refractivity contribution is -0.156. The van der Waals surface area contributed by atoms with Crippen molar-refractivity contribution >= 4 is 29.7 Å². The van der Waals surface area contributed by atoms with Gasteiger partial charge in [0, 0.05) is 6.42 Å². The first-order valence-corrected chi connectivity index (χ1v) is 7.91. The molecule has 7 N–H and O–H groups in total. The zero-order chi connectivity index (χ0) is 20.6. The van der Waals surface area contributed by atoms with E-state index in [-0.39, 0.29) is 5.92 Å². The van der Waals surface area contributed by atoms with Crippen molar-refractivity contribution in [1.29, 1.82) is 0 Å². The fourth-order valence-corrected chi connectivity index (χ4v) is 2.06. The maximum atomic E-state index is 12.0. The second-order valence-corrected chi connectivity index (χ2v) is 6.33. The Hall–Kier alpha value is -2.69. The highest BCUT2D eigenvalue weighted by atomic mass is 16.4. The topological polar surface area (TPSA) is 196 Å². The number of carboxylic acids is 3. The van der Waals surface area contributed by atoms with Crippen LogP contribution in [0.1, 0.15) is 33.6 Å². The van der Waals surface area contributed by atoms with Crippen LogP contribution in [0.4, 0.5) is 0 Å². The van der Waals surface area contributed by atoms with Crippen LogP contribution in [0.25, 0.3) is 0 Å². The Morgan fingerprint density at radius 1 is 0.808 bits per heavy atom. The molecular formula is C15H25N3O8. The Bertz CT molecular complexity index is 549. The molecular weight excluding hydrogens is 350 g/mol. The van der Waals surface area contributed by atoms with Crippen molar-refractivity contribution < 1.29 is 39.3 Å². The monoisotopic (exact) mass is 375 g/mol. The van der Waals surface area contributed by atoms with E-state index in [0.717, 1.165) is 0 Å². The third kappa shape index (κ3) is 7.92. The number of nitrogens with two attached hydrogens (primary N) is 1. The van der Waals surface area contributed by atoms with Crippen LogP contribution < -0.4 is 16.4 Å². The molecule has 0 aliphatic heterocycles. The van der Waals surface area contributed by atoms with Gasteiger partial charge in [0.1, 0.15) is 12.1 Å². The quantitative estimate of drug-likeness (QED) is 0.235. The van der Waals surface area contributed by atoms with Gasteiger partial charge in [0.25, 0.3) is 0 Å². The normalized spacial score (nSPS) is 14.4. The minimum atomic E-state index is -2.00. The molecule has 0 aliphatic rings. The van der Waals surface area contributed by atoms with Crippen molar-refractivity contribution in [1.82, 2.24) is 10.6 Å². The van der Waals surface area contributed by atoms with Crippen LogP contribution in [0.5, 0.6) is 0 Å². The molecule has 148 valence electrons. The maximum absolute atomic E-state index is 12.0. The molecule has 0 saturated carbocycles. The summed E-state index contributed by atoms with van der Waals surface area (Å²) in [5, 5.41) is 31.0. The lowest BCUT2D eigenvalue weighted by Crippen LogP contribution is -2.54. The molecule has 0 aliphatic carbocycles. The van der Waals surface area contributed by atoms with Gasteiger partial charge in [-0.05, 0) is 19.3 Å². The average Bonchev–Trinajstić information content (AvgIpc) is 2.48. The molecule has 0 unspecified atom stereocenters. The van der Waals surface area contributed by atoms with Crippen LogP contribution in [-0.4, -0.2) is 63.2 Å². The molecule has 26 heavy (non-hydrogen) atoms. The van der Waals surface area contributed by atoms with Crippen LogP contribution in [0.15, 0.2) is 0 Å². The smallest absolute Gasteiger partial charge is 0.326 e. The van der Waals surface area contributed by atoms with E-state index >= 15 is 0 Å². The van der Waals surface area contributed by atoms with E-state index in [1.54, 1.807) is 0 Å². The second kappa shape index (κ2) is 10.3. The molecule has 0 fully saturated rings. The summed E-state index contributed by atoms with van der Waals surface area (Å²) in [6.45, 7) is 5.02. The van der Waals surface area contributed by atoms with E-state index in [0.29, 0.717) is 6.42 Å². The van der Waals surface area contributed by atoms with Crippen LogP contribution in [0, 0.1) is 11.8 Å². The Morgan fingerprint density at radius 3 is 1.69 bits per heavy atom. The predicted octanol–water partition coefficient (Wildman–Crippen LogP) is -1.39. The minimum Gasteiger partial charge on any atom is -0.481 e. The molecule has 11 heteroatoms. The fourth-order valence-electron chi connectivity index (χ4n) is 2.06.